The number of nitrogens with zero attached hydrogens (tertiary/aromatic N) is 4. The van der Waals surface area contributed by atoms with Gasteiger partial charge < -0.3 is 10.3 Å². The maximum Gasteiger partial charge on any atom is 0.271 e. The minimum atomic E-state index is -0.191. The van der Waals surface area contributed by atoms with Gasteiger partial charge in [0.15, 0.2) is 5.69 Å². The fourth-order valence-corrected chi connectivity index (χ4v) is 2.82. The van der Waals surface area contributed by atoms with Gasteiger partial charge in [-0.05, 0) is 30.7 Å². The number of fused-ring (bicyclic) bond motifs is 1. The Bertz CT molecular complexity index is 988. The molecule has 0 bridgehead atoms. The summed E-state index contributed by atoms with van der Waals surface area (Å²) < 4.78 is 1.54. The van der Waals surface area contributed by atoms with E-state index in [4.69, 9.17) is 0 Å². The van der Waals surface area contributed by atoms with Crippen LogP contribution in [0.5, 0.6) is 0 Å². The van der Waals surface area contributed by atoms with Crippen LogP contribution in [0.2, 0.25) is 0 Å². The Morgan fingerprint density at radius 3 is 2.73 bits per heavy atom. The van der Waals surface area contributed by atoms with Crippen LogP contribution in [0, 0.1) is 0 Å². The number of amides is 1. The van der Waals surface area contributed by atoms with Crippen molar-refractivity contribution in [2.75, 3.05) is 6.54 Å². The number of rotatable bonds is 6. The molecule has 4 rings (SSSR count). The molecule has 4 aromatic rings. The van der Waals surface area contributed by atoms with Crippen molar-refractivity contribution in [3.8, 4) is 5.69 Å². The smallest absolute Gasteiger partial charge is 0.271 e. The molecule has 2 aromatic heterocycles. The average molecular weight is 346 g/mol. The Morgan fingerprint density at radius 1 is 1.08 bits per heavy atom. The molecule has 0 spiro atoms. The lowest BCUT2D eigenvalue weighted by Crippen LogP contribution is -2.27. The molecule has 2 heterocycles. The molecule has 0 radical (unpaired) electrons. The maximum atomic E-state index is 12.4. The first kappa shape index (κ1) is 16.0. The highest BCUT2D eigenvalue weighted by Crippen LogP contribution is 2.11. The van der Waals surface area contributed by atoms with Crippen molar-refractivity contribution in [3.05, 3.63) is 72.3 Å². The van der Waals surface area contributed by atoms with E-state index in [1.807, 2.05) is 54.6 Å². The second-order valence-electron chi connectivity index (χ2n) is 5.93. The number of aromatic nitrogens is 5. The van der Waals surface area contributed by atoms with E-state index in [9.17, 15) is 4.79 Å². The summed E-state index contributed by atoms with van der Waals surface area (Å²) in [5, 5.41) is 10.8. The van der Waals surface area contributed by atoms with Crippen LogP contribution in [0.1, 0.15) is 22.7 Å². The lowest BCUT2D eigenvalue weighted by molar-refractivity contribution is 0.0945. The normalized spacial score (nSPS) is 10.9. The highest BCUT2D eigenvalue weighted by molar-refractivity contribution is 5.92. The predicted molar refractivity (Wildman–Crippen MR) is 98.1 cm³/mol. The van der Waals surface area contributed by atoms with E-state index in [0.29, 0.717) is 12.2 Å². The van der Waals surface area contributed by atoms with Gasteiger partial charge in [-0.2, -0.15) is 0 Å². The Labute approximate surface area is 150 Å². The number of hydrogen-bond donors (Lipinski definition) is 2. The molecule has 0 aliphatic carbocycles. The van der Waals surface area contributed by atoms with Crippen molar-refractivity contribution in [2.45, 2.75) is 12.8 Å². The van der Waals surface area contributed by atoms with Gasteiger partial charge in [0.05, 0.1) is 22.9 Å². The number of carbonyl (C=O) groups excluding carboxylic acids is 1. The Kier molecular flexibility index (Phi) is 4.42. The van der Waals surface area contributed by atoms with Crippen LogP contribution < -0.4 is 5.32 Å². The third kappa shape index (κ3) is 3.32. The molecule has 7 heteroatoms. The van der Waals surface area contributed by atoms with Crippen molar-refractivity contribution < 1.29 is 4.79 Å². The first-order chi connectivity index (χ1) is 12.8. The molecule has 7 nitrogen and oxygen atoms in total. The molecule has 26 heavy (non-hydrogen) atoms. The van der Waals surface area contributed by atoms with Gasteiger partial charge in [-0.1, -0.05) is 35.5 Å². The molecule has 0 saturated heterocycles. The van der Waals surface area contributed by atoms with Crippen molar-refractivity contribution in [3.63, 3.8) is 0 Å². The minimum absolute atomic E-state index is 0.191. The van der Waals surface area contributed by atoms with Crippen LogP contribution in [0.25, 0.3) is 16.7 Å². The molecule has 0 fully saturated rings. The molecule has 0 saturated carbocycles. The summed E-state index contributed by atoms with van der Waals surface area (Å²) >= 11 is 0. The fraction of sp³-hybridized carbons (Fsp3) is 0.158. The molecule has 0 aliphatic heterocycles. The van der Waals surface area contributed by atoms with Crippen LogP contribution in [0.15, 0.2) is 60.8 Å². The number of aryl methyl sites for hydroxylation is 1. The van der Waals surface area contributed by atoms with Crippen molar-refractivity contribution >= 4 is 16.9 Å². The lowest BCUT2D eigenvalue weighted by Gasteiger charge is -2.07. The molecule has 0 unspecified atom stereocenters. The van der Waals surface area contributed by atoms with Crippen molar-refractivity contribution in [2.24, 2.45) is 0 Å². The van der Waals surface area contributed by atoms with Gasteiger partial charge in [0.2, 0.25) is 0 Å². The first-order valence-electron chi connectivity index (χ1n) is 8.49. The molecule has 0 atom stereocenters. The summed E-state index contributed by atoms with van der Waals surface area (Å²) in [6, 6.07) is 17.4. The van der Waals surface area contributed by atoms with Gasteiger partial charge >= 0.3 is 0 Å². The number of H-pyrrole nitrogens is 1. The third-order valence-electron chi connectivity index (χ3n) is 4.10. The molecular weight excluding hydrogens is 328 g/mol. The Morgan fingerprint density at radius 2 is 1.88 bits per heavy atom. The summed E-state index contributed by atoms with van der Waals surface area (Å²) in [5.74, 6) is 0.736. The van der Waals surface area contributed by atoms with E-state index in [0.717, 1.165) is 35.4 Å². The number of carbonyl (C=O) groups is 1. The quantitative estimate of drug-likeness (QED) is 0.525. The first-order valence-corrected chi connectivity index (χ1v) is 8.49. The van der Waals surface area contributed by atoms with E-state index >= 15 is 0 Å². The van der Waals surface area contributed by atoms with Crippen LogP contribution in [0.4, 0.5) is 0 Å². The number of para-hydroxylation sites is 3. The van der Waals surface area contributed by atoms with E-state index in [1.54, 1.807) is 0 Å². The second-order valence-corrected chi connectivity index (χ2v) is 5.93. The monoisotopic (exact) mass is 346 g/mol. The molecule has 2 aromatic carbocycles. The lowest BCUT2D eigenvalue weighted by atomic mass is 10.3. The highest BCUT2D eigenvalue weighted by atomic mass is 16.2. The molecular formula is C19H18N6O. The van der Waals surface area contributed by atoms with Gasteiger partial charge in [-0.15, -0.1) is 5.10 Å². The van der Waals surface area contributed by atoms with E-state index in [1.165, 1.54) is 10.9 Å². The Balaban J connectivity index is 1.34. The van der Waals surface area contributed by atoms with Gasteiger partial charge in [0.25, 0.3) is 5.91 Å². The van der Waals surface area contributed by atoms with Gasteiger partial charge in [-0.3, -0.25) is 4.79 Å². The summed E-state index contributed by atoms with van der Waals surface area (Å²) in [6.45, 7) is 0.551. The van der Waals surface area contributed by atoms with Crippen LogP contribution in [-0.2, 0) is 6.42 Å². The summed E-state index contributed by atoms with van der Waals surface area (Å²) in [7, 11) is 0. The van der Waals surface area contributed by atoms with Gasteiger partial charge in [-0.25, -0.2) is 9.67 Å². The number of benzene rings is 2. The summed E-state index contributed by atoms with van der Waals surface area (Å²) in [4.78, 5) is 20.3. The van der Waals surface area contributed by atoms with Gasteiger partial charge in [0.1, 0.15) is 5.82 Å². The van der Waals surface area contributed by atoms with Crippen molar-refractivity contribution in [1.29, 1.82) is 0 Å². The number of aromatic amines is 1. The van der Waals surface area contributed by atoms with Crippen molar-refractivity contribution in [1.82, 2.24) is 30.3 Å². The highest BCUT2D eigenvalue weighted by Gasteiger charge is 2.14. The molecule has 0 aliphatic rings. The summed E-state index contributed by atoms with van der Waals surface area (Å²) in [6.07, 6.45) is 3.03. The predicted octanol–water partition coefficient (Wildman–Crippen LogP) is 2.51. The standard InChI is InChI=1S/C19H18N6O/c26-19(17-13-21-24-25(17)14-7-2-1-3-8-14)20-12-6-11-18-22-15-9-4-5-10-16(15)23-18/h1-5,7-10,13H,6,11-12H2,(H,20,26)(H,22,23). The topological polar surface area (TPSA) is 88.5 Å². The number of nitrogens with one attached hydrogen (secondary N) is 2. The second kappa shape index (κ2) is 7.18. The van der Waals surface area contributed by atoms with Crippen LogP contribution >= 0.6 is 0 Å². The maximum absolute atomic E-state index is 12.4. The molecule has 2 N–H and O–H groups in total. The zero-order chi connectivity index (χ0) is 17.8. The Hall–Kier alpha value is -3.48. The largest absolute Gasteiger partial charge is 0.351 e. The molecule has 1 amide bonds. The van der Waals surface area contributed by atoms with Gasteiger partial charge in [0, 0.05) is 13.0 Å². The van der Waals surface area contributed by atoms with E-state index in [-0.39, 0.29) is 5.91 Å². The number of hydrogen-bond acceptors (Lipinski definition) is 4. The van der Waals surface area contributed by atoms with E-state index < -0.39 is 0 Å². The van der Waals surface area contributed by atoms with Crippen LogP contribution in [0.3, 0.4) is 0 Å². The van der Waals surface area contributed by atoms with Crippen LogP contribution in [-0.4, -0.2) is 37.4 Å². The fourth-order valence-electron chi connectivity index (χ4n) is 2.82. The average Bonchev–Trinajstić information content (AvgIpc) is 3.32. The summed E-state index contributed by atoms with van der Waals surface area (Å²) in [5.41, 5.74) is 3.21. The minimum Gasteiger partial charge on any atom is -0.351 e. The SMILES string of the molecule is O=C(NCCCc1nc2ccccc2[nH]1)c1cnnn1-c1ccccc1. The number of imidazole rings is 1. The third-order valence-corrected chi connectivity index (χ3v) is 4.10. The van der Waals surface area contributed by atoms with E-state index in [2.05, 4.69) is 25.6 Å². The molecule has 130 valence electrons. The zero-order valence-corrected chi connectivity index (χ0v) is 14.1. The zero-order valence-electron chi connectivity index (χ0n) is 14.1.